The van der Waals surface area contributed by atoms with Crippen molar-refractivity contribution in [3.8, 4) is 0 Å². The van der Waals surface area contributed by atoms with Crippen LogP contribution in [0.2, 0.25) is 0 Å². The van der Waals surface area contributed by atoms with Crippen LogP contribution in [-0.2, 0) is 9.59 Å². The summed E-state index contributed by atoms with van der Waals surface area (Å²) in [5, 5.41) is 11.0. The zero-order chi connectivity index (χ0) is 9.78. The predicted octanol–water partition coefficient (Wildman–Crippen LogP) is 0.286. The predicted molar refractivity (Wildman–Crippen MR) is 48.3 cm³/mol. The van der Waals surface area contributed by atoms with Gasteiger partial charge in [0.25, 0.3) is 0 Å². The van der Waals surface area contributed by atoms with Crippen LogP contribution in [0, 0.1) is 0 Å². The Morgan fingerprint density at radius 3 is 2.33 bits per heavy atom. The molecule has 5 heteroatoms. The molecule has 0 unspecified atom stereocenters. The smallest absolute Gasteiger partial charge is 0.328 e. The molecule has 0 bridgehead atoms. The van der Waals surface area contributed by atoms with Gasteiger partial charge < -0.3 is 10.4 Å². The molecule has 0 aliphatic heterocycles. The van der Waals surface area contributed by atoms with E-state index in [0.717, 1.165) is 0 Å². The third-order valence-corrected chi connectivity index (χ3v) is 1.55. The summed E-state index contributed by atoms with van der Waals surface area (Å²) in [4.78, 5) is 21.5. The van der Waals surface area contributed by atoms with Crippen LogP contribution in [0.4, 0.5) is 0 Å². The molecule has 12 heavy (non-hydrogen) atoms. The molecule has 4 nitrogen and oxygen atoms in total. The van der Waals surface area contributed by atoms with Crippen LogP contribution in [0.15, 0.2) is 0 Å². The Labute approximate surface area is 76.8 Å². The molecule has 0 heterocycles. The van der Waals surface area contributed by atoms with Gasteiger partial charge in [0, 0.05) is 6.42 Å². The number of carboxylic acid groups (broad SMARTS) is 1. The number of carboxylic acids is 1. The third kappa shape index (κ3) is 3.61. The minimum absolute atomic E-state index is 0.236. The minimum atomic E-state index is -1.19. The second-order valence-corrected chi connectivity index (χ2v) is 3.40. The average Bonchev–Trinajstić information content (AvgIpc) is 1.85. The zero-order valence-electron chi connectivity index (χ0n) is 7.13. The van der Waals surface area contributed by atoms with E-state index in [9.17, 15) is 9.59 Å². The van der Waals surface area contributed by atoms with Crippen molar-refractivity contribution in [2.45, 2.75) is 25.8 Å². The first-order valence-corrected chi connectivity index (χ1v) is 4.18. The summed E-state index contributed by atoms with van der Waals surface area (Å²) >= 11 is 3.85. The van der Waals surface area contributed by atoms with Crippen molar-refractivity contribution < 1.29 is 14.7 Å². The van der Waals surface area contributed by atoms with Gasteiger partial charge in [0.15, 0.2) is 0 Å². The average molecular weight is 191 g/mol. The van der Waals surface area contributed by atoms with Gasteiger partial charge in [-0.05, 0) is 19.6 Å². The van der Waals surface area contributed by atoms with Crippen LogP contribution in [0.1, 0.15) is 20.3 Å². The number of amides is 1. The van der Waals surface area contributed by atoms with Gasteiger partial charge in [-0.2, -0.15) is 12.6 Å². The summed E-state index contributed by atoms with van der Waals surface area (Å²) in [6.45, 7) is 2.87. The van der Waals surface area contributed by atoms with Crippen LogP contribution in [0.3, 0.4) is 0 Å². The lowest BCUT2D eigenvalue weighted by molar-refractivity contribution is -0.145. The van der Waals surface area contributed by atoms with Gasteiger partial charge in [-0.15, -0.1) is 0 Å². The van der Waals surface area contributed by atoms with E-state index in [1.165, 1.54) is 13.8 Å². The van der Waals surface area contributed by atoms with Crippen molar-refractivity contribution in [2.75, 3.05) is 5.75 Å². The van der Waals surface area contributed by atoms with Gasteiger partial charge in [0.2, 0.25) is 5.91 Å². The summed E-state index contributed by atoms with van der Waals surface area (Å²) in [5.41, 5.74) is -1.19. The summed E-state index contributed by atoms with van der Waals surface area (Å²) in [6.07, 6.45) is 0.236. The second kappa shape index (κ2) is 4.35. The molecule has 0 saturated carbocycles. The molecule has 0 fully saturated rings. The maximum atomic E-state index is 10.9. The van der Waals surface area contributed by atoms with Crippen LogP contribution in [0.5, 0.6) is 0 Å². The molecule has 0 aromatic carbocycles. The first-order chi connectivity index (χ1) is 5.40. The summed E-state index contributed by atoms with van der Waals surface area (Å²) in [6, 6.07) is 0. The Morgan fingerprint density at radius 2 is 2.00 bits per heavy atom. The van der Waals surface area contributed by atoms with Gasteiger partial charge in [-0.25, -0.2) is 4.79 Å². The van der Waals surface area contributed by atoms with Gasteiger partial charge in [0.05, 0.1) is 0 Å². The number of nitrogens with one attached hydrogen (secondary N) is 1. The van der Waals surface area contributed by atoms with Crippen LogP contribution < -0.4 is 5.32 Å². The quantitative estimate of drug-likeness (QED) is 0.559. The molecule has 2 N–H and O–H groups in total. The number of carbonyl (C=O) groups excluding carboxylic acids is 1. The number of hydrogen-bond donors (Lipinski definition) is 3. The maximum absolute atomic E-state index is 10.9. The van der Waals surface area contributed by atoms with Crippen LogP contribution in [0.25, 0.3) is 0 Å². The summed E-state index contributed by atoms with van der Waals surface area (Å²) in [5.74, 6) is -0.922. The fraction of sp³-hybridized carbons (Fsp3) is 0.714. The Hall–Kier alpha value is -0.710. The Balaban J connectivity index is 4.06. The lowest BCUT2D eigenvalue weighted by atomic mass is 10.1. The summed E-state index contributed by atoms with van der Waals surface area (Å²) in [7, 11) is 0. The van der Waals surface area contributed by atoms with Gasteiger partial charge in [-0.1, -0.05) is 0 Å². The first kappa shape index (κ1) is 11.3. The van der Waals surface area contributed by atoms with Crippen LogP contribution >= 0.6 is 12.6 Å². The van der Waals surface area contributed by atoms with E-state index in [0.29, 0.717) is 5.75 Å². The molecule has 0 aliphatic rings. The standard InChI is InChI=1S/C7H13NO3S/c1-7(2,6(10)11)8-5(9)3-4-12/h12H,3-4H2,1-2H3,(H,8,9)(H,10,11). The van der Waals surface area contributed by atoms with Crippen molar-refractivity contribution in [3.05, 3.63) is 0 Å². The number of thiol groups is 1. The molecular weight excluding hydrogens is 178 g/mol. The molecule has 0 aliphatic carbocycles. The van der Waals surface area contributed by atoms with E-state index in [1.54, 1.807) is 0 Å². The normalized spacial score (nSPS) is 10.9. The zero-order valence-corrected chi connectivity index (χ0v) is 8.02. The molecule has 0 radical (unpaired) electrons. The highest BCUT2D eigenvalue weighted by Gasteiger charge is 2.28. The molecule has 0 atom stereocenters. The minimum Gasteiger partial charge on any atom is -0.480 e. The molecule has 70 valence electrons. The van der Waals surface area contributed by atoms with E-state index >= 15 is 0 Å². The lowest BCUT2D eigenvalue weighted by Crippen LogP contribution is -2.49. The van der Waals surface area contributed by atoms with Crippen molar-refractivity contribution in [3.63, 3.8) is 0 Å². The number of carbonyl (C=O) groups is 2. The topological polar surface area (TPSA) is 66.4 Å². The molecule has 0 rings (SSSR count). The molecule has 0 aromatic rings. The Kier molecular flexibility index (Phi) is 4.09. The number of aliphatic carboxylic acids is 1. The Morgan fingerprint density at radius 1 is 1.50 bits per heavy atom. The highest BCUT2D eigenvalue weighted by molar-refractivity contribution is 7.80. The monoisotopic (exact) mass is 191 g/mol. The molecule has 1 amide bonds. The van der Waals surface area contributed by atoms with E-state index in [2.05, 4.69) is 17.9 Å². The lowest BCUT2D eigenvalue weighted by Gasteiger charge is -2.20. The number of rotatable bonds is 4. The third-order valence-electron chi connectivity index (χ3n) is 1.33. The van der Waals surface area contributed by atoms with Crippen molar-refractivity contribution >= 4 is 24.5 Å². The fourth-order valence-corrected chi connectivity index (χ4v) is 0.769. The van der Waals surface area contributed by atoms with E-state index < -0.39 is 11.5 Å². The van der Waals surface area contributed by atoms with Crippen molar-refractivity contribution in [2.24, 2.45) is 0 Å². The van der Waals surface area contributed by atoms with Gasteiger partial charge in [0.1, 0.15) is 5.54 Å². The second-order valence-electron chi connectivity index (χ2n) is 2.95. The first-order valence-electron chi connectivity index (χ1n) is 3.55. The molecule has 0 saturated heterocycles. The van der Waals surface area contributed by atoms with Crippen molar-refractivity contribution in [1.29, 1.82) is 0 Å². The van der Waals surface area contributed by atoms with Crippen LogP contribution in [-0.4, -0.2) is 28.3 Å². The van der Waals surface area contributed by atoms with E-state index in [-0.39, 0.29) is 12.3 Å². The highest BCUT2D eigenvalue weighted by Crippen LogP contribution is 2.02. The van der Waals surface area contributed by atoms with Crippen molar-refractivity contribution in [1.82, 2.24) is 5.32 Å². The molecule has 0 spiro atoms. The molecular formula is C7H13NO3S. The van der Waals surface area contributed by atoms with Gasteiger partial charge in [-0.3, -0.25) is 4.79 Å². The maximum Gasteiger partial charge on any atom is 0.328 e. The fourth-order valence-electron chi connectivity index (χ4n) is 0.566. The highest BCUT2D eigenvalue weighted by atomic mass is 32.1. The van der Waals surface area contributed by atoms with E-state index in [4.69, 9.17) is 5.11 Å². The Bertz CT molecular complexity index is 191. The molecule has 0 aromatic heterocycles. The van der Waals surface area contributed by atoms with E-state index in [1.807, 2.05) is 0 Å². The summed E-state index contributed by atoms with van der Waals surface area (Å²) < 4.78 is 0. The largest absolute Gasteiger partial charge is 0.480 e. The SMILES string of the molecule is CC(C)(NC(=O)CCS)C(=O)O. The van der Waals surface area contributed by atoms with Gasteiger partial charge >= 0.3 is 5.97 Å². The number of hydrogen-bond acceptors (Lipinski definition) is 3.